The van der Waals surface area contributed by atoms with Gasteiger partial charge in [-0.15, -0.1) is 0 Å². The van der Waals surface area contributed by atoms with Gasteiger partial charge in [0, 0.05) is 23.6 Å². The fraction of sp³-hybridized carbons (Fsp3) is 1.00. The van der Waals surface area contributed by atoms with Gasteiger partial charge in [0.05, 0.1) is 0 Å². The first-order valence-electron chi connectivity index (χ1n) is 7.45. The highest BCUT2D eigenvalue weighted by Gasteiger charge is 2.35. The molecule has 0 aromatic rings. The monoisotopic (exact) mass is 255 g/mol. The standard InChI is InChI=1S/C15H29NS/c1-12(2)9-15(6-4-5-7-15)11-16-14-8-13(3)17-10-14/h12-14,16H,4-11H2,1-3H3. The number of rotatable bonds is 5. The van der Waals surface area contributed by atoms with E-state index in [9.17, 15) is 0 Å². The predicted octanol–water partition coefficient (Wildman–Crippen LogP) is 4.08. The van der Waals surface area contributed by atoms with Gasteiger partial charge >= 0.3 is 0 Å². The highest BCUT2D eigenvalue weighted by Crippen LogP contribution is 2.43. The molecule has 2 atom stereocenters. The van der Waals surface area contributed by atoms with E-state index in [1.807, 2.05) is 0 Å². The average molecular weight is 255 g/mol. The summed E-state index contributed by atoms with van der Waals surface area (Å²) in [6, 6.07) is 0.791. The van der Waals surface area contributed by atoms with Gasteiger partial charge < -0.3 is 5.32 Å². The van der Waals surface area contributed by atoms with Crippen molar-refractivity contribution >= 4 is 11.8 Å². The van der Waals surface area contributed by atoms with Crippen LogP contribution >= 0.6 is 11.8 Å². The van der Waals surface area contributed by atoms with Crippen molar-refractivity contribution in [2.75, 3.05) is 12.3 Å². The second-order valence-electron chi connectivity index (χ2n) is 6.76. The normalized spacial score (nSPS) is 32.5. The maximum atomic E-state index is 3.88. The van der Waals surface area contributed by atoms with Crippen molar-refractivity contribution in [1.29, 1.82) is 0 Å². The van der Waals surface area contributed by atoms with E-state index in [2.05, 4.69) is 37.8 Å². The summed E-state index contributed by atoms with van der Waals surface area (Å²) in [5.74, 6) is 2.19. The van der Waals surface area contributed by atoms with Crippen LogP contribution in [0.4, 0.5) is 0 Å². The van der Waals surface area contributed by atoms with Crippen LogP contribution in [0.5, 0.6) is 0 Å². The third-order valence-corrected chi connectivity index (χ3v) is 5.83. The quantitative estimate of drug-likeness (QED) is 0.794. The van der Waals surface area contributed by atoms with Gasteiger partial charge in [0.15, 0.2) is 0 Å². The molecule has 100 valence electrons. The topological polar surface area (TPSA) is 12.0 Å². The lowest BCUT2D eigenvalue weighted by atomic mass is 9.78. The third-order valence-electron chi connectivity index (χ3n) is 4.47. The first-order chi connectivity index (χ1) is 8.10. The molecule has 0 radical (unpaired) electrons. The van der Waals surface area contributed by atoms with E-state index in [4.69, 9.17) is 0 Å². The molecule has 17 heavy (non-hydrogen) atoms. The minimum absolute atomic E-state index is 0.644. The average Bonchev–Trinajstić information content (AvgIpc) is 2.85. The minimum Gasteiger partial charge on any atom is -0.313 e. The molecule has 0 amide bonds. The molecule has 1 N–H and O–H groups in total. The van der Waals surface area contributed by atoms with Crippen LogP contribution in [-0.4, -0.2) is 23.6 Å². The molecule has 0 aromatic heterocycles. The summed E-state index contributed by atoms with van der Waals surface area (Å²) in [6.45, 7) is 8.41. The Hall–Kier alpha value is 0.310. The van der Waals surface area contributed by atoms with E-state index in [-0.39, 0.29) is 0 Å². The number of hydrogen-bond donors (Lipinski definition) is 1. The molecular formula is C15H29NS. The molecule has 1 aliphatic heterocycles. The zero-order valence-corrected chi connectivity index (χ0v) is 12.6. The Kier molecular flexibility index (Phi) is 4.82. The molecule has 2 aliphatic rings. The van der Waals surface area contributed by atoms with E-state index in [1.165, 1.54) is 50.8 Å². The molecule has 1 saturated carbocycles. The summed E-state index contributed by atoms with van der Waals surface area (Å²) in [5.41, 5.74) is 0.644. The minimum atomic E-state index is 0.644. The second-order valence-corrected chi connectivity index (χ2v) is 8.23. The lowest BCUT2D eigenvalue weighted by Gasteiger charge is -2.32. The molecule has 2 fully saturated rings. The fourth-order valence-electron chi connectivity index (χ4n) is 3.76. The largest absolute Gasteiger partial charge is 0.313 e. The van der Waals surface area contributed by atoms with Gasteiger partial charge in [0.25, 0.3) is 0 Å². The zero-order chi connectivity index (χ0) is 12.3. The summed E-state index contributed by atoms with van der Waals surface area (Å²) in [6.07, 6.45) is 8.66. The molecule has 1 aliphatic carbocycles. The molecule has 0 aromatic carbocycles. The van der Waals surface area contributed by atoms with Crippen LogP contribution in [0.2, 0.25) is 0 Å². The van der Waals surface area contributed by atoms with Crippen molar-refractivity contribution in [3.63, 3.8) is 0 Å². The Labute approximate surface area is 112 Å². The van der Waals surface area contributed by atoms with Gasteiger partial charge in [-0.3, -0.25) is 0 Å². The maximum Gasteiger partial charge on any atom is 0.0168 e. The van der Waals surface area contributed by atoms with Crippen molar-refractivity contribution in [2.24, 2.45) is 11.3 Å². The first-order valence-corrected chi connectivity index (χ1v) is 8.49. The summed E-state index contributed by atoms with van der Waals surface area (Å²) < 4.78 is 0. The van der Waals surface area contributed by atoms with E-state index < -0.39 is 0 Å². The van der Waals surface area contributed by atoms with Crippen LogP contribution in [0.15, 0.2) is 0 Å². The molecule has 2 unspecified atom stereocenters. The van der Waals surface area contributed by atoms with E-state index in [1.54, 1.807) is 0 Å². The van der Waals surface area contributed by atoms with Crippen molar-refractivity contribution in [1.82, 2.24) is 5.32 Å². The molecule has 1 nitrogen and oxygen atoms in total. The lowest BCUT2D eigenvalue weighted by Crippen LogP contribution is -2.39. The Morgan fingerprint density at radius 3 is 2.53 bits per heavy atom. The van der Waals surface area contributed by atoms with Crippen molar-refractivity contribution in [3.8, 4) is 0 Å². The van der Waals surface area contributed by atoms with Crippen LogP contribution in [-0.2, 0) is 0 Å². The van der Waals surface area contributed by atoms with Gasteiger partial charge in [0.1, 0.15) is 0 Å². The number of nitrogens with one attached hydrogen (secondary N) is 1. The van der Waals surface area contributed by atoms with Crippen LogP contribution in [0.1, 0.15) is 59.3 Å². The summed E-state index contributed by atoms with van der Waals surface area (Å²) in [7, 11) is 0. The Bertz CT molecular complexity index is 233. The number of thioether (sulfide) groups is 1. The van der Waals surface area contributed by atoms with E-state index in [0.717, 1.165) is 17.2 Å². The summed E-state index contributed by atoms with van der Waals surface area (Å²) in [4.78, 5) is 0. The SMILES string of the molecule is CC(C)CC1(CNC2CSC(C)C2)CCCC1. The second kappa shape index (κ2) is 5.97. The maximum absolute atomic E-state index is 3.88. The molecule has 0 spiro atoms. The Morgan fingerprint density at radius 2 is 2.00 bits per heavy atom. The molecule has 1 heterocycles. The molecular weight excluding hydrogens is 226 g/mol. The third kappa shape index (κ3) is 3.89. The van der Waals surface area contributed by atoms with Gasteiger partial charge in [-0.25, -0.2) is 0 Å². The predicted molar refractivity (Wildman–Crippen MR) is 78.7 cm³/mol. The van der Waals surface area contributed by atoms with Gasteiger partial charge in [-0.05, 0) is 37.0 Å². The highest BCUT2D eigenvalue weighted by molar-refractivity contribution is 8.00. The lowest BCUT2D eigenvalue weighted by molar-refractivity contribution is 0.216. The molecule has 0 bridgehead atoms. The van der Waals surface area contributed by atoms with Crippen LogP contribution in [0, 0.1) is 11.3 Å². The van der Waals surface area contributed by atoms with Crippen molar-refractivity contribution in [2.45, 2.75) is 70.6 Å². The fourth-order valence-corrected chi connectivity index (χ4v) is 4.95. The number of hydrogen-bond acceptors (Lipinski definition) is 2. The van der Waals surface area contributed by atoms with Gasteiger partial charge in [-0.1, -0.05) is 33.6 Å². The summed E-state index contributed by atoms with van der Waals surface area (Å²) in [5, 5.41) is 4.75. The molecule has 2 rings (SSSR count). The van der Waals surface area contributed by atoms with Crippen molar-refractivity contribution < 1.29 is 0 Å². The Morgan fingerprint density at radius 1 is 1.29 bits per heavy atom. The Balaban J connectivity index is 1.81. The zero-order valence-electron chi connectivity index (χ0n) is 11.8. The van der Waals surface area contributed by atoms with Gasteiger partial charge in [0.2, 0.25) is 0 Å². The van der Waals surface area contributed by atoms with Crippen LogP contribution in [0.3, 0.4) is 0 Å². The molecule has 1 saturated heterocycles. The van der Waals surface area contributed by atoms with E-state index >= 15 is 0 Å². The summed E-state index contributed by atoms with van der Waals surface area (Å²) >= 11 is 2.14. The van der Waals surface area contributed by atoms with Crippen molar-refractivity contribution in [3.05, 3.63) is 0 Å². The smallest absolute Gasteiger partial charge is 0.0168 e. The van der Waals surface area contributed by atoms with E-state index in [0.29, 0.717) is 5.41 Å². The molecule has 2 heteroatoms. The van der Waals surface area contributed by atoms with Crippen LogP contribution < -0.4 is 5.32 Å². The van der Waals surface area contributed by atoms with Crippen LogP contribution in [0.25, 0.3) is 0 Å². The van der Waals surface area contributed by atoms with Gasteiger partial charge in [-0.2, -0.15) is 11.8 Å². The first kappa shape index (κ1) is 13.7. The highest BCUT2D eigenvalue weighted by atomic mass is 32.2.